The molecule has 0 spiro atoms. The van der Waals surface area contributed by atoms with E-state index in [4.69, 9.17) is 10.00 Å². The maximum absolute atomic E-state index is 12.6. The summed E-state index contributed by atoms with van der Waals surface area (Å²) in [4.78, 5) is 15.7. The number of methoxy groups -OCH3 is 1. The van der Waals surface area contributed by atoms with E-state index in [9.17, 15) is 4.79 Å². The largest absolute Gasteiger partial charge is 0.497 e. The number of thioether (sulfide) groups is 1. The number of hydrogen-bond donors (Lipinski definition) is 0. The first-order chi connectivity index (χ1) is 12.5. The van der Waals surface area contributed by atoms with Crippen molar-refractivity contribution in [2.75, 3.05) is 12.9 Å². The summed E-state index contributed by atoms with van der Waals surface area (Å²) in [6.45, 7) is 4.62. The van der Waals surface area contributed by atoms with Crippen molar-refractivity contribution in [2.45, 2.75) is 37.8 Å². The number of nitrogens with zero attached hydrogens (tertiary/aromatic N) is 2. The van der Waals surface area contributed by atoms with Crippen LogP contribution in [0.15, 0.2) is 53.4 Å². The number of nitriles is 1. The molecule has 0 bridgehead atoms. The topological polar surface area (TPSA) is 53.3 Å². The van der Waals surface area contributed by atoms with Crippen molar-refractivity contribution in [3.63, 3.8) is 0 Å². The zero-order valence-electron chi connectivity index (χ0n) is 15.4. The van der Waals surface area contributed by atoms with Gasteiger partial charge in [-0.05, 0) is 55.8 Å². The highest BCUT2D eigenvalue weighted by atomic mass is 32.2. The van der Waals surface area contributed by atoms with E-state index < -0.39 is 0 Å². The molecule has 0 aromatic heterocycles. The fourth-order valence-corrected chi connectivity index (χ4v) is 3.35. The molecule has 0 heterocycles. The molecule has 0 saturated heterocycles. The normalized spacial score (nSPS) is 10.4. The van der Waals surface area contributed by atoms with Crippen LogP contribution in [0.1, 0.15) is 31.4 Å². The van der Waals surface area contributed by atoms with Crippen molar-refractivity contribution in [3.05, 3.63) is 59.7 Å². The molecule has 136 valence electrons. The number of ether oxygens (including phenoxy) is 1. The summed E-state index contributed by atoms with van der Waals surface area (Å²) in [7, 11) is 1.65. The summed E-state index contributed by atoms with van der Waals surface area (Å²) in [6.07, 6.45) is 0.491. The fraction of sp³-hybridized carbons (Fsp3) is 0.333. The minimum absolute atomic E-state index is 0.129. The third-order valence-corrected chi connectivity index (χ3v) is 5.04. The van der Waals surface area contributed by atoms with Crippen molar-refractivity contribution in [1.82, 2.24) is 4.90 Å². The third-order valence-electron chi connectivity index (χ3n) is 4.02. The van der Waals surface area contributed by atoms with Crippen LogP contribution in [0, 0.1) is 11.3 Å². The van der Waals surface area contributed by atoms with Gasteiger partial charge in [0.05, 0.1) is 18.7 Å². The Labute approximate surface area is 159 Å². The molecule has 0 aliphatic heterocycles. The van der Waals surface area contributed by atoms with Gasteiger partial charge in [0.2, 0.25) is 5.91 Å². The molecule has 0 aliphatic carbocycles. The number of carbonyl (C=O) groups is 1. The van der Waals surface area contributed by atoms with Gasteiger partial charge in [-0.3, -0.25) is 4.79 Å². The number of amides is 1. The second-order valence-electron chi connectivity index (χ2n) is 6.20. The molecule has 0 unspecified atom stereocenters. The molecule has 0 aliphatic rings. The van der Waals surface area contributed by atoms with E-state index in [0.717, 1.165) is 22.0 Å². The van der Waals surface area contributed by atoms with Crippen molar-refractivity contribution < 1.29 is 9.53 Å². The zero-order valence-corrected chi connectivity index (χ0v) is 16.3. The molecule has 0 fully saturated rings. The molecule has 26 heavy (non-hydrogen) atoms. The molecule has 0 N–H and O–H groups in total. The van der Waals surface area contributed by atoms with Crippen molar-refractivity contribution in [2.24, 2.45) is 0 Å². The van der Waals surface area contributed by atoms with Gasteiger partial charge in [0, 0.05) is 29.7 Å². The van der Waals surface area contributed by atoms with Gasteiger partial charge in [-0.1, -0.05) is 12.1 Å². The van der Waals surface area contributed by atoms with Crippen molar-refractivity contribution in [1.29, 1.82) is 5.26 Å². The Balaban J connectivity index is 1.89. The molecular formula is C21H24N2O2S. The van der Waals surface area contributed by atoms with Gasteiger partial charge >= 0.3 is 0 Å². The maximum Gasteiger partial charge on any atom is 0.223 e. The first-order valence-electron chi connectivity index (χ1n) is 8.59. The van der Waals surface area contributed by atoms with Crippen LogP contribution in [-0.2, 0) is 11.3 Å². The highest BCUT2D eigenvalue weighted by Gasteiger charge is 2.17. The van der Waals surface area contributed by atoms with Gasteiger partial charge in [-0.15, -0.1) is 11.8 Å². The van der Waals surface area contributed by atoms with Crippen LogP contribution in [0.2, 0.25) is 0 Å². The van der Waals surface area contributed by atoms with Gasteiger partial charge in [0.15, 0.2) is 0 Å². The molecule has 1 amide bonds. The standard InChI is InChI=1S/C21H24N2O2S/c1-16(2)23(15-18-6-4-17(14-22)5-7-18)21(24)12-13-26-20-10-8-19(25-3)9-11-20/h4-11,16H,12-13,15H2,1-3H3. The van der Waals surface area contributed by atoms with Crippen LogP contribution in [0.4, 0.5) is 0 Å². The average Bonchev–Trinajstić information content (AvgIpc) is 2.66. The predicted molar refractivity (Wildman–Crippen MR) is 105 cm³/mol. The molecule has 0 saturated carbocycles. The Kier molecular flexibility index (Phi) is 7.55. The monoisotopic (exact) mass is 368 g/mol. The summed E-state index contributed by atoms with van der Waals surface area (Å²) in [5.41, 5.74) is 1.67. The Morgan fingerprint density at radius 1 is 1.15 bits per heavy atom. The number of benzene rings is 2. The molecule has 4 nitrogen and oxygen atoms in total. The lowest BCUT2D eigenvalue weighted by Gasteiger charge is -2.27. The first-order valence-corrected chi connectivity index (χ1v) is 9.57. The number of rotatable bonds is 8. The zero-order chi connectivity index (χ0) is 18.9. The van der Waals surface area contributed by atoms with Gasteiger partial charge in [-0.2, -0.15) is 5.26 Å². The van der Waals surface area contributed by atoms with Crippen LogP contribution in [0.25, 0.3) is 0 Å². The van der Waals surface area contributed by atoms with E-state index in [1.54, 1.807) is 31.0 Å². The summed E-state index contributed by atoms with van der Waals surface area (Å²) in [5, 5.41) is 8.88. The van der Waals surface area contributed by atoms with Crippen molar-refractivity contribution >= 4 is 17.7 Å². The highest BCUT2D eigenvalue weighted by molar-refractivity contribution is 7.99. The van der Waals surface area contributed by atoms with Crippen molar-refractivity contribution in [3.8, 4) is 11.8 Å². The number of hydrogen-bond acceptors (Lipinski definition) is 4. The predicted octanol–water partition coefficient (Wildman–Crippen LogP) is 4.49. The van der Waals surface area contributed by atoms with Crippen LogP contribution < -0.4 is 4.74 Å². The first kappa shape index (κ1) is 19.9. The van der Waals surface area contributed by atoms with Gasteiger partial charge in [0.1, 0.15) is 5.75 Å². The molecule has 0 radical (unpaired) electrons. The van der Waals surface area contributed by atoms with E-state index in [1.807, 2.05) is 55.1 Å². The lowest BCUT2D eigenvalue weighted by Crippen LogP contribution is -2.36. The van der Waals surface area contributed by atoms with Crippen LogP contribution >= 0.6 is 11.8 Å². The SMILES string of the molecule is COc1ccc(SCCC(=O)N(Cc2ccc(C#N)cc2)C(C)C)cc1. The van der Waals surface area contributed by atoms with E-state index >= 15 is 0 Å². The summed E-state index contributed by atoms with van der Waals surface area (Å²) >= 11 is 1.67. The Hall–Kier alpha value is -2.45. The molecule has 2 rings (SSSR count). The molecule has 5 heteroatoms. The molecule has 2 aromatic carbocycles. The fourth-order valence-electron chi connectivity index (χ4n) is 2.51. The Bertz CT molecular complexity index is 749. The van der Waals surface area contributed by atoms with Gasteiger partial charge in [-0.25, -0.2) is 0 Å². The summed E-state index contributed by atoms with van der Waals surface area (Å²) in [5.74, 6) is 1.71. The summed E-state index contributed by atoms with van der Waals surface area (Å²) < 4.78 is 5.15. The quantitative estimate of drug-likeness (QED) is 0.644. The van der Waals surface area contributed by atoms with E-state index in [0.29, 0.717) is 18.5 Å². The average molecular weight is 369 g/mol. The van der Waals surface area contributed by atoms with E-state index in [-0.39, 0.29) is 11.9 Å². The molecule has 0 atom stereocenters. The Morgan fingerprint density at radius 2 is 1.81 bits per heavy atom. The maximum atomic E-state index is 12.6. The second-order valence-corrected chi connectivity index (χ2v) is 7.37. The second kappa shape index (κ2) is 9.88. The lowest BCUT2D eigenvalue weighted by atomic mass is 10.1. The number of carbonyl (C=O) groups excluding carboxylic acids is 1. The van der Waals surface area contributed by atoms with Crippen LogP contribution in [0.3, 0.4) is 0 Å². The van der Waals surface area contributed by atoms with E-state index in [1.165, 1.54) is 0 Å². The molecular weight excluding hydrogens is 344 g/mol. The smallest absolute Gasteiger partial charge is 0.223 e. The highest BCUT2D eigenvalue weighted by Crippen LogP contribution is 2.22. The van der Waals surface area contributed by atoms with Crippen LogP contribution in [0.5, 0.6) is 5.75 Å². The summed E-state index contributed by atoms with van der Waals surface area (Å²) in [6, 6.07) is 17.5. The Morgan fingerprint density at radius 3 is 2.35 bits per heavy atom. The minimum atomic E-state index is 0.129. The lowest BCUT2D eigenvalue weighted by molar-refractivity contribution is -0.133. The van der Waals surface area contributed by atoms with Gasteiger partial charge in [0.25, 0.3) is 0 Å². The molecule has 2 aromatic rings. The van der Waals surface area contributed by atoms with Crippen LogP contribution in [-0.4, -0.2) is 29.7 Å². The minimum Gasteiger partial charge on any atom is -0.497 e. The third kappa shape index (κ3) is 5.82. The van der Waals surface area contributed by atoms with E-state index in [2.05, 4.69) is 6.07 Å². The van der Waals surface area contributed by atoms with Gasteiger partial charge < -0.3 is 9.64 Å².